The molecule has 108 valence electrons. The summed E-state index contributed by atoms with van der Waals surface area (Å²) in [6.45, 7) is 1.05. The van der Waals surface area contributed by atoms with E-state index in [1.807, 2.05) is 23.4 Å². The van der Waals surface area contributed by atoms with Crippen LogP contribution in [0.1, 0.15) is 16.5 Å². The third-order valence-corrected chi connectivity index (χ3v) is 4.79. The zero-order valence-corrected chi connectivity index (χ0v) is 13.3. The number of rotatable bonds is 5. The lowest BCUT2D eigenvalue weighted by molar-refractivity contribution is 0.243. The summed E-state index contributed by atoms with van der Waals surface area (Å²) in [7, 11) is 1.92. The van der Waals surface area contributed by atoms with E-state index in [1.165, 1.54) is 10.9 Å². The molecule has 2 nitrogen and oxygen atoms in total. The molecule has 1 heterocycles. The van der Waals surface area contributed by atoms with Crippen molar-refractivity contribution in [3.8, 4) is 0 Å². The second-order valence-electron chi connectivity index (χ2n) is 4.57. The maximum Gasteiger partial charge on any atom is 0.159 e. The third-order valence-electron chi connectivity index (χ3n) is 3.11. The molecule has 6 heteroatoms. The van der Waals surface area contributed by atoms with E-state index in [1.54, 1.807) is 17.4 Å². The molecule has 0 saturated carbocycles. The van der Waals surface area contributed by atoms with Gasteiger partial charge >= 0.3 is 0 Å². The molecular weight excluding hydrogens is 346 g/mol. The average molecular weight is 361 g/mol. The summed E-state index contributed by atoms with van der Waals surface area (Å²) in [5, 5.41) is 2.01. The van der Waals surface area contributed by atoms with E-state index in [4.69, 9.17) is 5.73 Å². The molecule has 0 amide bonds. The standard InChI is InChI=1S/C14H15BrF2N2S/c1-19(7-11-5-10(15)8-20-11)14(6-18)9-2-3-12(16)13(17)4-9/h2-5,8,14H,6-7,18H2,1H3. The summed E-state index contributed by atoms with van der Waals surface area (Å²) >= 11 is 5.06. The molecule has 2 aromatic rings. The number of nitrogens with two attached hydrogens (primary N) is 1. The number of halogens is 3. The van der Waals surface area contributed by atoms with Crippen LogP contribution in [0.15, 0.2) is 34.1 Å². The maximum atomic E-state index is 13.3. The van der Waals surface area contributed by atoms with Crippen molar-refractivity contribution < 1.29 is 8.78 Å². The minimum Gasteiger partial charge on any atom is -0.329 e. The minimum atomic E-state index is -0.840. The monoisotopic (exact) mass is 360 g/mol. The van der Waals surface area contributed by atoms with Crippen LogP contribution in [0.4, 0.5) is 8.78 Å². The molecule has 0 aliphatic rings. The Labute approximate surface area is 129 Å². The molecule has 1 aromatic carbocycles. The average Bonchev–Trinajstić information content (AvgIpc) is 2.80. The Morgan fingerprint density at radius 1 is 1.30 bits per heavy atom. The van der Waals surface area contributed by atoms with E-state index in [9.17, 15) is 8.78 Å². The Morgan fingerprint density at radius 2 is 2.05 bits per heavy atom. The van der Waals surface area contributed by atoms with Gasteiger partial charge in [0.15, 0.2) is 11.6 Å². The van der Waals surface area contributed by atoms with Crippen molar-refractivity contribution >= 4 is 27.3 Å². The number of hydrogen-bond acceptors (Lipinski definition) is 3. The highest BCUT2D eigenvalue weighted by Gasteiger charge is 2.18. The third kappa shape index (κ3) is 3.63. The number of thiophene rings is 1. The molecule has 0 spiro atoms. The lowest BCUT2D eigenvalue weighted by Crippen LogP contribution is -2.30. The van der Waals surface area contributed by atoms with Crippen LogP contribution in [0.25, 0.3) is 0 Å². The topological polar surface area (TPSA) is 29.3 Å². The zero-order valence-electron chi connectivity index (χ0n) is 10.9. The first-order valence-corrected chi connectivity index (χ1v) is 7.76. The second kappa shape index (κ2) is 6.76. The number of likely N-dealkylation sites (N-methyl/N-ethyl adjacent to an activating group) is 1. The molecule has 2 rings (SSSR count). The second-order valence-corrected chi connectivity index (χ2v) is 6.48. The van der Waals surface area contributed by atoms with Crippen LogP contribution in [0.2, 0.25) is 0 Å². The Balaban J connectivity index is 2.16. The summed E-state index contributed by atoms with van der Waals surface area (Å²) in [5.41, 5.74) is 6.47. The highest BCUT2D eigenvalue weighted by atomic mass is 79.9. The van der Waals surface area contributed by atoms with Crippen LogP contribution in [0.3, 0.4) is 0 Å². The lowest BCUT2D eigenvalue weighted by Gasteiger charge is -2.27. The normalized spacial score (nSPS) is 12.9. The highest BCUT2D eigenvalue weighted by Crippen LogP contribution is 2.25. The molecular formula is C14H15BrF2N2S. The largest absolute Gasteiger partial charge is 0.329 e. The SMILES string of the molecule is CN(Cc1cc(Br)cs1)C(CN)c1ccc(F)c(F)c1. The van der Waals surface area contributed by atoms with Gasteiger partial charge in [-0.1, -0.05) is 6.07 Å². The highest BCUT2D eigenvalue weighted by molar-refractivity contribution is 9.10. The fourth-order valence-electron chi connectivity index (χ4n) is 2.08. The van der Waals surface area contributed by atoms with Crippen molar-refractivity contribution in [2.75, 3.05) is 13.6 Å². The molecule has 20 heavy (non-hydrogen) atoms. The maximum absolute atomic E-state index is 13.3. The molecule has 1 atom stereocenters. The van der Waals surface area contributed by atoms with Gasteiger partial charge in [0.2, 0.25) is 0 Å². The van der Waals surface area contributed by atoms with Crippen LogP contribution in [0.5, 0.6) is 0 Å². The van der Waals surface area contributed by atoms with Gasteiger partial charge in [-0.3, -0.25) is 4.90 Å². The van der Waals surface area contributed by atoms with Crippen LogP contribution in [-0.2, 0) is 6.54 Å². The van der Waals surface area contributed by atoms with Crippen LogP contribution >= 0.6 is 27.3 Å². The summed E-state index contributed by atoms with van der Waals surface area (Å²) in [5.74, 6) is -1.68. The van der Waals surface area contributed by atoms with Crippen molar-refractivity contribution in [1.82, 2.24) is 4.90 Å². The molecule has 0 bridgehead atoms. The lowest BCUT2D eigenvalue weighted by atomic mass is 10.1. The molecule has 0 radical (unpaired) electrons. The minimum absolute atomic E-state index is 0.147. The van der Waals surface area contributed by atoms with E-state index in [0.29, 0.717) is 18.7 Å². The number of nitrogens with zero attached hydrogens (tertiary/aromatic N) is 1. The van der Waals surface area contributed by atoms with Gasteiger partial charge in [0.25, 0.3) is 0 Å². The van der Waals surface area contributed by atoms with Gasteiger partial charge in [0.1, 0.15) is 0 Å². The van der Waals surface area contributed by atoms with Gasteiger partial charge in [-0.15, -0.1) is 11.3 Å². The molecule has 2 N–H and O–H groups in total. The predicted octanol–water partition coefficient (Wildman–Crippen LogP) is 3.92. The van der Waals surface area contributed by atoms with Gasteiger partial charge in [0.05, 0.1) is 0 Å². The molecule has 1 unspecified atom stereocenters. The Hall–Kier alpha value is -0.820. The first-order valence-electron chi connectivity index (χ1n) is 6.09. The van der Waals surface area contributed by atoms with E-state index in [0.717, 1.165) is 10.5 Å². The number of hydrogen-bond donors (Lipinski definition) is 1. The first-order chi connectivity index (χ1) is 9.51. The first kappa shape index (κ1) is 15.6. The van der Waals surface area contributed by atoms with Crippen molar-refractivity contribution in [2.45, 2.75) is 12.6 Å². The van der Waals surface area contributed by atoms with Crippen LogP contribution in [0, 0.1) is 11.6 Å². The van der Waals surface area contributed by atoms with Crippen molar-refractivity contribution in [2.24, 2.45) is 5.73 Å². The molecule has 0 aliphatic heterocycles. The van der Waals surface area contributed by atoms with Crippen LogP contribution in [-0.4, -0.2) is 18.5 Å². The van der Waals surface area contributed by atoms with Gasteiger partial charge < -0.3 is 5.73 Å². The van der Waals surface area contributed by atoms with Crippen molar-refractivity contribution in [3.63, 3.8) is 0 Å². The predicted molar refractivity (Wildman–Crippen MR) is 81.6 cm³/mol. The fourth-order valence-corrected chi connectivity index (χ4v) is 3.60. The van der Waals surface area contributed by atoms with Crippen molar-refractivity contribution in [1.29, 1.82) is 0 Å². The number of benzene rings is 1. The van der Waals surface area contributed by atoms with Crippen LogP contribution < -0.4 is 5.73 Å². The summed E-state index contributed by atoms with van der Waals surface area (Å²) < 4.78 is 27.4. The molecule has 0 fully saturated rings. The van der Waals surface area contributed by atoms with E-state index in [-0.39, 0.29) is 6.04 Å². The van der Waals surface area contributed by atoms with Gasteiger partial charge in [0, 0.05) is 33.9 Å². The fraction of sp³-hybridized carbons (Fsp3) is 0.286. The van der Waals surface area contributed by atoms with Gasteiger partial charge in [-0.25, -0.2) is 8.78 Å². The Kier molecular flexibility index (Phi) is 5.26. The summed E-state index contributed by atoms with van der Waals surface area (Å²) in [4.78, 5) is 3.21. The van der Waals surface area contributed by atoms with E-state index < -0.39 is 11.6 Å². The molecule has 0 aliphatic carbocycles. The van der Waals surface area contributed by atoms with Gasteiger partial charge in [-0.05, 0) is 46.7 Å². The van der Waals surface area contributed by atoms with Gasteiger partial charge in [-0.2, -0.15) is 0 Å². The quantitative estimate of drug-likeness (QED) is 0.875. The zero-order chi connectivity index (χ0) is 14.7. The summed E-state index contributed by atoms with van der Waals surface area (Å²) in [6, 6.07) is 5.83. The van der Waals surface area contributed by atoms with Crippen molar-refractivity contribution in [3.05, 3.63) is 56.2 Å². The Morgan fingerprint density at radius 3 is 2.60 bits per heavy atom. The summed E-state index contributed by atoms with van der Waals surface area (Å²) in [6.07, 6.45) is 0. The van der Waals surface area contributed by atoms with E-state index in [2.05, 4.69) is 15.9 Å². The smallest absolute Gasteiger partial charge is 0.159 e. The Bertz CT molecular complexity index is 588. The molecule has 1 aromatic heterocycles. The van der Waals surface area contributed by atoms with E-state index >= 15 is 0 Å². The molecule has 0 saturated heterocycles.